The number of aryl methyl sites for hydroxylation is 1. The topological polar surface area (TPSA) is 60.5 Å². The van der Waals surface area contributed by atoms with Crippen molar-refractivity contribution in [1.82, 2.24) is 4.98 Å². The minimum absolute atomic E-state index is 0.0544. The van der Waals surface area contributed by atoms with Crippen LogP contribution in [0.25, 0.3) is 10.9 Å². The first kappa shape index (κ1) is 16.8. The van der Waals surface area contributed by atoms with Gasteiger partial charge in [0, 0.05) is 18.0 Å². The molecule has 3 rings (SSSR count). The van der Waals surface area contributed by atoms with Crippen molar-refractivity contribution in [3.8, 4) is 11.5 Å². The number of nitrogens with one attached hydrogen (secondary N) is 1. The van der Waals surface area contributed by atoms with E-state index in [0.717, 1.165) is 22.2 Å². The van der Waals surface area contributed by atoms with E-state index in [9.17, 15) is 4.79 Å². The van der Waals surface area contributed by atoms with Crippen LogP contribution < -0.4 is 14.8 Å². The number of amides is 1. The first-order valence-corrected chi connectivity index (χ1v) is 8.06. The zero-order valence-electron chi connectivity index (χ0n) is 14.3. The van der Waals surface area contributed by atoms with E-state index in [1.165, 1.54) is 0 Å². The summed E-state index contributed by atoms with van der Waals surface area (Å²) in [6, 6.07) is 15.2. The normalized spacial score (nSPS) is 10.5. The number of para-hydroxylation sites is 1. The predicted octanol–water partition coefficient (Wildman–Crippen LogP) is 3.82. The molecular formula is C20H20N2O3. The summed E-state index contributed by atoms with van der Waals surface area (Å²) in [6.45, 7) is 0. The largest absolute Gasteiger partial charge is 0.493 e. The van der Waals surface area contributed by atoms with Gasteiger partial charge >= 0.3 is 0 Å². The average molecular weight is 336 g/mol. The minimum Gasteiger partial charge on any atom is -0.493 e. The van der Waals surface area contributed by atoms with E-state index in [0.29, 0.717) is 24.3 Å². The maximum Gasteiger partial charge on any atom is 0.224 e. The van der Waals surface area contributed by atoms with E-state index in [4.69, 9.17) is 9.47 Å². The average Bonchev–Trinajstić information content (AvgIpc) is 2.66. The molecule has 0 aliphatic carbocycles. The standard InChI is InChI=1S/C20H20N2O3/c1-24-18-10-3-6-14(20(18)25-2)11-12-19(23)22-17-9-4-8-16-15(17)7-5-13-21-16/h3-10,13H,11-12H2,1-2H3,(H,22,23). The molecule has 1 N–H and O–H groups in total. The van der Waals surface area contributed by atoms with Crippen LogP contribution in [0.3, 0.4) is 0 Å². The van der Waals surface area contributed by atoms with Crippen LogP contribution in [0.4, 0.5) is 5.69 Å². The van der Waals surface area contributed by atoms with Crippen LogP contribution in [0.2, 0.25) is 0 Å². The van der Waals surface area contributed by atoms with Gasteiger partial charge in [-0.2, -0.15) is 0 Å². The van der Waals surface area contributed by atoms with Gasteiger partial charge in [-0.05, 0) is 42.3 Å². The Morgan fingerprint density at radius 2 is 1.88 bits per heavy atom. The number of rotatable bonds is 6. The van der Waals surface area contributed by atoms with Crippen molar-refractivity contribution in [1.29, 1.82) is 0 Å². The highest BCUT2D eigenvalue weighted by Gasteiger charge is 2.12. The molecule has 0 radical (unpaired) electrons. The number of fused-ring (bicyclic) bond motifs is 1. The molecule has 1 heterocycles. The number of nitrogens with zero attached hydrogens (tertiary/aromatic N) is 1. The molecular weight excluding hydrogens is 316 g/mol. The maximum absolute atomic E-state index is 12.4. The van der Waals surface area contributed by atoms with Crippen molar-refractivity contribution in [2.45, 2.75) is 12.8 Å². The lowest BCUT2D eigenvalue weighted by Crippen LogP contribution is -2.13. The molecule has 2 aromatic carbocycles. The Balaban J connectivity index is 1.71. The fourth-order valence-electron chi connectivity index (χ4n) is 2.82. The molecule has 1 amide bonds. The molecule has 0 unspecified atom stereocenters. The quantitative estimate of drug-likeness (QED) is 0.743. The Labute approximate surface area is 146 Å². The van der Waals surface area contributed by atoms with E-state index >= 15 is 0 Å². The Kier molecular flexibility index (Phi) is 5.14. The lowest BCUT2D eigenvalue weighted by Gasteiger charge is -2.13. The van der Waals surface area contributed by atoms with Crippen LogP contribution in [0, 0.1) is 0 Å². The van der Waals surface area contributed by atoms with Crippen molar-refractivity contribution in [3.63, 3.8) is 0 Å². The number of methoxy groups -OCH3 is 2. The summed E-state index contributed by atoms with van der Waals surface area (Å²) in [7, 11) is 3.20. The summed E-state index contributed by atoms with van der Waals surface area (Å²) in [6.07, 6.45) is 2.65. The summed E-state index contributed by atoms with van der Waals surface area (Å²) in [5.74, 6) is 1.29. The second-order valence-electron chi connectivity index (χ2n) is 5.58. The number of ether oxygens (including phenoxy) is 2. The Morgan fingerprint density at radius 3 is 2.68 bits per heavy atom. The van der Waals surface area contributed by atoms with Crippen molar-refractivity contribution < 1.29 is 14.3 Å². The smallest absolute Gasteiger partial charge is 0.224 e. The highest BCUT2D eigenvalue weighted by molar-refractivity contribution is 6.00. The van der Waals surface area contributed by atoms with Gasteiger partial charge in [0.2, 0.25) is 5.91 Å². The molecule has 0 aliphatic heterocycles. The van der Waals surface area contributed by atoms with Gasteiger partial charge in [-0.3, -0.25) is 9.78 Å². The van der Waals surface area contributed by atoms with E-state index < -0.39 is 0 Å². The van der Waals surface area contributed by atoms with Crippen molar-refractivity contribution in [2.75, 3.05) is 19.5 Å². The first-order valence-electron chi connectivity index (χ1n) is 8.06. The predicted molar refractivity (Wildman–Crippen MR) is 98.2 cm³/mol. The molecule has 5 heteroatoms. The highest BCUT2D eigenvalue weighted by Crippen LogP contribution is 2.31. The summed E-state index contributed by atoms with van der Waals surface area (Å²) in [5, 5.41) is 3.90. The Hall–Kier alpha value is -3.08. The number of carbonyl (C=O) groups excluding carboxylic acids is 1. The Morgan fingerprint density at radius 1 is 1.04 bits per heavy atom. The monoisotopic (exact) mass is 336 g/mol. The summed E-state index contributed by atoms with van der Waals surface area (Å²) in [5.41, 5.74) is 2.57. The molecule has 0 bridgehead atoms. The SMILES string of the molecule is COc1cccc(CCC(=O)Nc2cccc3ncccc23)c1OC. The van der Waals surface area contributed by atoms with Gasteiger partial charge in [-0.25, -0.2) is 0 Å². The Bertz CT molecular complexity index is 888. The molecule has 0 atom stereocenters. The van der Waals surface area contributed by atoms with E-state index in [1.54, 1.807) is 20.4 Å². The third kappa shape index (κ3) is 3.71. The zero-order chi connectivity index (χ0) is 17.6. The molecule has 0 aliphatic rings. The van der Waals surface area contributed by atoms with Gasteiger partial charge in [0.25, 0.3) is 0 Å². The second kappa shape index (κ2) is 7.66. The lowest BCUT2D eigenvalue weighted by molar-refractivity contribution is -0.116. The van der Waals surface area contributed by atoms with Crippen LogP contribution in [0.1, 0.15) is 12.0 Å². The number of hydrogen-bond donors (Lipinski definition) is 1. The summed E-state index contributed by atoms with van der Waals surface area (Å²) >= 11 is 0. The van der Waals surface area contributed by atoms with Gasteiger partial charge in [-0.1, -0.05) is 18.2 Å². The molecule has 1 aromatic heterocycles. The maximum atomic E-state index is 12.4. The molecule has 0 saturated carbocycles. The number of carbonyl (C=O) groups is 1. The molecule has 25 heavy (non-hydrogen) atoms. The molecule has 0 saturated heterocycles. The number of aromatic nitrogens is 1. The molecule has 5 nitrogen and oxygen atoms in total. The van der Waals surface area contributed by atoms with E-state index in [2.05, 4.69) is 10.3 Å². The van der Waals surface area contributed by atoms with E-state index in [1.807, 2.05) is 48.5 Å². The summed E-state index contributed by atoms with van der Waals surface area (Å²) in [4.78, 5) is 16.7. The second-order valence-corrected chi connectivity index (χ2v) is 5.58. The molecule has 128 valence electrons. The number of pyridine rings is 1. The lowest BCUT2D eigenvalue weighted by atomic mass is 10.1. The number of anilines is 1. The first-order chi connectivity index (χ1) is 12.2. The van der Waals surface area contributed by atoms with Crippen LogP contribution in [0.5, 0.6) is 11.5 Å². The van der Waals surface area contributed by atoms with Crippen LogP contribution >= 0.6 is 0 Å². The molecule has 0 spiro atoms. The summed E-state index contributed by atoms with van der Waals surface area (Å²) < 4.78 is 10.7. The van der Waals surface area contributed by atoms with Gasteiger partial charge in [-0.15, -0.1) is 0 Å². The van der Waals surface area contributed by atoms with Crippen molar-refractivity contribution >= 4 is 22.5 Å². The third-order valence-electron chi connectivity index (χ3n) is 4.03. The molecule has 3 aromatic rings. The van der Waals surface area contributed by atoms with Crippen molar-refractivity contribution in [2.24, 2.45) is 0 Å². The van der Waals surface area contributed by atoms with Gasteiger partial charge in [0.05, 0.1) is 25.4 Å². The number of hydrogen-bond acceptors (Lipinski definition) is 4. The fourth-order valence-corrected chi connectivity index (χ4v) is 2.82. The zero-order valence-corrected chi connectivity index (χ0v) is 14.3. The van der Waals surface area contributed by atoms with Crippen LogP contribution in [-0.2, 0) is 11.2 Å². The van der Waals surface area contributed by atoms with Crippen LogP contribution in [-0.4, -0.2) is 25.1 Å². The highest BCUT2D eigenvalue weighted by atomic mass is 16.5. The minimum atomic E-state index is -0.0544. The van der Waals surface area contributed by atoms with Gasteiger partial charge in [0.1, 0.15) is 0 Å². The third-order valence-corrected chi connectivity index (χ3v) is 4.03. The molecule has 0 fully saturated rings. The fraction of sp³-hybridized carbons (Fsp3) is 0.200. The van der Waals surface area contributed by atoms with E-state index in [-0.39, 0.29) is 5.91 Å². The number of benzene rings is 2. The van der Waals surface area contributed by atoms with Gasteiger partial charge < -0.3 is 14.8 Å². The van der Waals surface area contributed by atoms with Gasteiger partial charge in [0.15, 0.2) is 11.5 Å². The van der Waals surface area contributed by atoms with Crippen molar-refractivity contribution in [3.05, 3.63) is 60.3 Å². The van der Waals surface area contributed by atoms with Crippen LogP contribution in [0.15, 0.2) is 54.7 Å².